The van der Waals surface area contributed by atoms with Crippen LogP contribution in [0, 0.1) is 13.8 Å². The number of hydrogen-bond donors (Lipinski definition) is 1. The van der Waals surface area contributed by atoms with Gasteiger partial charge in [0.15, 0.2) is 0 Å². The van der Waals surface area contributed by atoms with Gasteiger partial charge >= 0.3 is 0 Å². The van der Waals surface area contributed by atoms with Crippen LogP contribution in [0.2, 0.25) is 0 Å². The molecule has 116 valence electrons. The molecule has 4 heteroatoms. The molecule has 0 heterocycles. The zero-order valence-corrected chi connectivity index (χ0v) is 13.8. The number of hydrogen-bond acceptors (Lipinski definition) is 3. The molecular weight excluding hydrogens is 294 g/mol. The molecule has 2 aromatic carbocycles. The Hall–Kier alpha value is -1.94. The summed E-state index contributed by atoms with van der Waals surface area (Å²) in [6, 6.07) is 15.8. The normalized spacial score (nSPS) is 10.3. The van der Waals surface area contributed by atoms with E-state index >= 15 is 0 Å². The second kappa shape index (κ2) is 8.49. The molecule has 0 radical (unpaired) electrons. The molecule has 0 spiro atoms. The van der Waals surface area contributed by atoms with E-state index in [1.165, 1.54) is 5.56 Å². The van der Waals surface area contributed by atoms with Crippen molar-refractivity contribution in [2.45, 2.75) is 13.8 Å². The van der Waals surface area contributed by atoms with Crippen LogP contribution in [-0.2, 0) is 4.79 Å². The number of thioether (sulfide) groups is 1. The molecule has 0 saturated heterocycles. The van der Waals surface area contributed by atoms with Crippen LogP contribution in [0.15, 0.2) is 48.5 Å². The van der Waals surface area contributed by atoms with Crippen LogP contribution in [0.4, 0.5) is 5.69 Å². The van der Waals surface area contributed by atoms with Crippen molar-refractivity contribution >= 4 is 23.4 Å². The molecule has 22 heavy (non-hydrogen) atoms. The maximum absolute atomic E-state index is 11.8. The summed E-state index contributed by atoms with van der Waals surface area (Å²) in [5, 5.41) is 2.90. The lowest BCUT2D eigenvalue weighted by Gasteiger charge is -2.07. The number of aryl methyl sites for hydroxylation is 2. The lowest BCUT2D eigenvalue weighted by Crippen LogP contribution is -2.15. The summed E-state index contributed by atoms with van der Waals surface area (Å²) >= 11 is 1.57. The van der Waals surface area contributed by atoms with E-state index in [0.29, 0.717) is 12.4 Å². The van der Waals surface area contributed by atoms with Crippen molar-refractivity contribution in [2.24, 2.45) is 0 Å². The number of ether oxygens (including phenoxy) is 1. The van der Waals surface area contributed by atoms with Gasteiger partial charge in [-0.2, -0.15) is 0 Å². The largest absolute Gasteiger partial charge is 0.493 e. The van der Waals surface area contributed by atoms with Crippen LogP contribution >= 0.6 is 11.8 Å². The third-order valence-corrected chi connectivity index (χ3v) is 3.97. The molecule has 2 rings (SSSR count). The summed E-state index contributed by atoms with van der Waals surface area (Å²) in [5.41, 5.74) is 3.20. The zero-order chi connectivity index (χ0) is 15.8. The highest BCUT2D eigenvalue weighted by atomic mass is 32.2. The summed E-state index contributed by atoms with van der Waals surface area (Å²) in [4.78, 5) is 11.8. The average molecular weight is 315 g/mol. The van der Waals surface area contributed by atoms with Gasteiger partial charge in [0.1, 0.15) is 5.75 Å². The van der Waals surface area contributed by atoms with Crippen LogP contribution < -0.4 is 10.1 Å². The first-order valence-corrected chi connectivity index (χ1v) is 8.43. The van der Waals surface area contributed by atoms with Crippen molar-refractivity contribution < 1.29 is 9.53 Å². The van der Waals surface area contributed by atoms with E-state index in [4.69, 9.17) is 4.74 Å². The van der Waals surface area contributed by atoms with Gasteiger partial charge in [-0.05, 0) is 43.7 Å². The van der Waals surface area contributed by atoms with Crippen molar-refractivity contribution in [2.75, 3.05) is 23.4 Å². The highest BCUT2D eigenvalue weighted by molar-refractivity contribution is 7.99. The Balaban J connectivity index is 1.62. The first kappa shape index (κ1) is 16.4. The first-order valence-electron chi connectivity index (χ1n) is 7.27. The summed E-state index contributed by atoms with van der Waals surface area (Å²) in [5.74, 6) is 2.11. The molecule has 0 aromatic heterocycles. The van der Waals surface area contributed by atoms with Crippen LogP contribution in [0.1, 0.15) is 11.1 Å². The highest BCUT2D eigenvalue weighted by Crippen LogP contribution is 2.13. The van der Waals surface area contributed by atoms with E-state index < -0.39 is 0 Å². The summed E-state index contributed by atoms with van der Waals surface area (Å²) in [7, 11) is 0. The van der Waals surface area contributed by atoms with Gasteiger partial charge in [0, 0.05) is 11.4 Å². The third-order valence-electron chi connectivity index (χ3n) is 3.05. The van der Waals surface area contributed by atoms with Crippen LogP contribution in [-0.4, -0.2) is 24.0 Å². The molecule has 0 aliphatic carbocycles. The predicted octanol–water partition coefficient (Wildman–Crippen LogP) is 4.05. The molecule has 1 amide bonds. The molecule has 0 aliphatic heterocycles. The lowest BCUT2D eigenvalue weighted by atomic mass is 10.2. The van der Waals surface area contributed by atoms with Gasteiger partial charge < -0.3 is 10.1 Å². The van der Waals surface area contributed by atoms with Gasteiger partial charge in [-0.3, -0.25) is 4.79 Å². The molecule has 0 aliphatic rings. The maximum atomic E-state index is 11.8. The molecule has 0 saturated carbocycles. The van der Waals surface area contributed by atoms with Crippen molar-refractivity contribution in [3.63, 3.8) is 0 Å². The van der Waals surface area contributed by atoms with E-state index in [1.54, 1.807) is 11.8 Å². The summed E-state index contributed by atoms with van der Waals surface area (Å²) in [6.45, 7) is 4.66. The second-order valence-electron chi connectivity index (χ2n) is 5.13. The Morgan fingerprint density at radius 1 is 1.09 bits per heavy atom. The first-order chi connectivity index (χ1) is 10.6. The molecule has 2 aromatic rings. The minimum atomic E-state index is 0.0194. The standard InChI is InChI=1S/C18H21NO2S/c1-14-6-8-17(9-7-14)21-10-11-22-13-18(20)19-16-5-3-4-15(2)12-16/h3-9,12H,10-11,13H2,1-2H3,(H,19,20). The quantitative estimate of drug-likeness (QED) is 0.783. The monoisotopic (exact) mass is 315 g/mol. The fourth-order valence-electron chi connectivity index (χ4n) is 1.94. The molecule has 0 unspecified atom stereocenters. The number of nitrogens with one attached hydrogen (secondary N) is 1. The number of benzene rings is 2. The molecule has 0 bridgehead atoms. The smallest absolute Gasteiger partial charge is 0.234 e. The zero-order valence-electron chi connectivity index (χ0n) is 13.0. The van der Waals surface area contributed by atoms with Gasteiger partial charge in [0.2, 0.25) is 5.91 Å². The summed E-state index contributed by atoms with van der Waals surface area (Å²) < 4.78 is 5.62. The van der Waals surface area contributed by atoms with Gasteiger partial charge in [-0.1, -0.05) is 29.8 Å². The van der Waals surface area contributed by atoms with Crippen molar-refractivity contribution in [3.8, 4) is 5.75 Å². The average Bonchev–Trinajstić information content (AvgIpc) is 2.49. The van der Waals surface area contributed by atoms with E-state index in [1.807, 2.05) is 62.4 Å². The van der Waals surface area contributed by atoms with Crippen LogP contribution in [0.25, 0.3) is 0 Å². The van der Waals surface area contributed by atoms with Crippen molar-refractivity contribution in [3.05, 3.63) is 59.7 Å². The van der Waals surface area contributed by atoms with Crippen molar-refractivity contribution in [1.82, 2.24) is 0 Å². The van der Waals surface area contributed by atoms with Crippen molar-refractivity contribution in [1.29, 1.82) is 0 Å². The van der Waals surface area contributed by atoms with Crippen LogP contribution in [0.3, 0.4) is 0 Å². The Morgan fingerprint density at radius 2 is 1.86 bits per heavy atom. The van der Waals surface area contributed by atoms with E-state index in [2.05, 4.69) is 5.32 Å². The Labute approximate surface area is 136 Å². The Kier molecular flexibility index (Phi) is 6.34. The minimum absolute atomic E-state index is 0.0194. The van der Waals surface area contributed by atoms with Gasteiger partial charge in [-0.25, -0.2) is 0 Å². The minimum Gasteiger partial charge on any atom is -0.493 e. The number of carbonyl (C=O) groups excluding carboxylic acids is 1. The fraction of sp³-hybridized carbons (Fsp3) is 0.278. The van der Waals surface area contributed by atoms with E-state index in [0.717, 1.165) is 22.8 Å². The van der Waals surface area contributed by atoms with Gasteiger partial charge in [-0.15, -0.1) is 11.8 Å². The van der Waals surface area contributed by atoms with Gasteiger partial charge in [0.25, 0.3) is 0 Å². The number of amides is 1. The predicted molar refractivity (Wildman–Crippen MR) is 93.8 cm³/mol. The van der Waals surface area contributed by atoms with E-state index in [-0.39, 0.29) is 5.91 Å². The van der Waals surface area contributed by atoms with Crippen LogP contribution in [0.5, 0.6) is 5.75 Å². The Bertz CT molecular complexity index is 611. The van der Waals surface area contributed by atoms with Gasteiger partial charge in [0.05, 0.1) is 12.4 Å². The molecule has 3 nitrogen and oxygen atoms in total. The second-order valence-corrected chi connectivity index (χ2v) is 6.24. The number of anilines is 1. The van der Waals surface area contributed by atoms with E-state index in [9.17, 15) is 4.79 Å². The Morgan fingerprint density at radius 3 is 2.59 bits per heavy atom. The fourth-order valence-corrected chi connectivity index (χ4v) is 2.54. The third kappa shape index (κ3) is 5.82. The number of rotatable bonds is 7. The summed E-state index contributed by atoms with van der Waals surface area (Å²) in [6.07, 6.45) is 0. The topological polar surface area (TPSA) is 38.3 Å². The highest BCUT2D eigenvalue weighted by Gasteiger charge is 2.03. The molecule has 0 fully saturated rings. The maximum Gasteiger partial charge on any atom is 0.234 e. The molecule has 1 N–H and O–H groups in total. The number of carbonyl (C=O) groups is 1. The SMILES string of the molecule is Cc1ccc(OCCSCC(=O)Nc2cccc(C)c2)cc1. The molecular formula is C18H21NO2S. The lowest BCUT2D eigenvalue weighted by molar-refractivity contribution is -0.113. The molecule has 0 atom stereocenters.